The van der Waals surface area contributed by atoms with Crippen molar-refractivity contribution in [3.63, 3.8) is 0 Å². The molecule has 0 saturated carbocycles. The third kappa shape index (κ3) is 5.45. The topological polar surface area (TPSA) is 47.6 Å². The van der Waals surface area contributed by atoms with Crippen molar-refractivity contribution in [2.75, 3.05) is 13.7 Å². The first-order chi connectivity index (χ1) is 12.0. The SMILES string of the molecule is COC(CCC1CNC(C)(C)[C@H]1C(=O)OC(C)(C)C)c1ccc(Cl)cc1. The van der Waals surface area contributed by atoms with Crippen molar-refractivity contribution in [2.24, 2.45) is 11.8 Å². The molecular formula is C21H32ClNO3. The molecule has 0 spiro atoms. The normalized spacial score (nSPS) is 23.7. The standard InChI is InChI=1S/C21H32ClNO3/c1-20(2,3)26-19(24)18-15(13-23-21(18,4)5)9-12-17(25-6)14-7-10-16(22)11-8-14/h7-8,10-11,15,17-18,23H,9,12-13H2,1-6H3/t15?,17?,18-/m1/s1. The van der Waals surface area contributed by atoms with E-state index in [1.807, 2.05) is 45.0 Å². The fraction of sp³-hybridized carbons (Fsp3) is 0.667. The minimum atomic E-state index is -0.474. The molecule has 1 saturated heterocycles. The Balaban J connectivity index is 2.06. The monoisotopic (exact) mass is 381 g/mol. The minimum absolute atomic E-state index is 0.00438. The van der Waals surface area contributed by atoms with Gasteiger partial charge in [0.1, 0.15) is 5.60 Å². The molecule has 0 aromatic heterocycles. The average molecular weight is 382 g/mol. The van der Waals surface area contributed by atoms with Crippen LogP contribution in [-0.2, 0) is 14.3 Å². The summed E-state index contributed by atoms with van der Waals surface area (Å²) in [7, 11) is 1.72. The molecule has 1 aromatic rings. The highest BCUT2D eigenvalue weighted by molar-refractivity contribution is 6.30. The first kappa shape index (κ1) is 21.2. The molecule has 0 amide bonds. The van der Waals surface area contributed by atoms with Gasteiger partial charge in [0, 0.05) is 17.7 Å². The van der Waals surface area contributed by atoms with Gasteiger partial charge in [-0.3, -0.25) is 4.79 Å². The zero-order chi connectivity index (χ0) is 19.5. The molecule has 2 rings (SSSR count). The molecule has 1 heterocycles. The van der Waals surface area contributed by atoms with Crippen LogP contribution < -0.4 is 5.32 Å². The summed E-state index contributed by atoms with van der Waals surface area (Å²) in [6, 6.07) is 7.76. The van der Waals surface area contributed by atoms with Crippen LogP contribution in [0.3, 0.4) is 0 Å². The summed E-state index contributed by atoms with van der Waals surface area (Å²) in [6.45, 7) is 10.7. The smallest absolute Gasteiger partial charge is 0.311 e. The van der Waals surface area contributed by atoms with Crippen molar-refractivity contribution in [1.82, 2.24) is 5.32 Å². The maximum absolute atomic E-state index is 12.8. The number of halogens is 1. The van der Waals surface area contributed by atoms with Gasteiger partial charge in [-0.15, -0.1) is 0 Å². The summed E-state index contributed by atoms with van der Waals surface area (Å²) in [5, 5.41) is 4.21. The van der Waals surface area contributed by atoms with Crippen molar-refractivity contribution < 1.29 is 14.3 Å². The Hall–Kier alpha value is -1.10. The van der Waals surface area contributed by atoms with E-state index in [0.717, 1.165) is 30.0 Å². The number of hydrogen-bond acceptors (Lipinski definition) is 4. The van der Waals surface area contributed by atoms with E-state index in [-0.39, 0.29) is 29.4 Å². The number of rotatable bonds is 6. The number of methoxy groups -OCH3 is 1. The van der Waals surface area contributed by atoms with E-state index in [1.165, 1.54) is 0 Å². The molecule has 1 N–H and O–H groups in total. The molecule has 0 radical (unpaired) electrons. The zero-order valence-corrected chi connectivity index (χ0v) is 17.5. The lowest BCUT2D eigenvalue weighted by molar-refractivity contribution is -0.163. The van der Waals surface area contributed by atoms with Crippen LogP contribution in [0.4, 0.5) is 0 Å². The second-order valence-corrected chi connectivity index (χ2v) is 9.16. The second kappa shape index (κ2) is 8.28. The molecule has 2 unspecified atom stereocenters. The average Bonchev–Trinajstić information content (AvgIpc) is 2.82. The summed E-state index contributed by atoms with van der Waals surface area (Å²) in [4.78, 5) is 12.8. The third-order valence-corrected chi connectivity index (χ3v) is 5.31. The van der Waals surface area contributed by atoms with Gasteiger partial charge in [-0.05, 0) is 77.6 Å². The van der Waals surface area contributed by atoms with Crippen molar-refractivity contribution in [3.8, 4) is 0 Å². The number of carbonyl (C=O) groups excluding carboxylic acids is 1. The molecule has 5 heteroatoms. The lowest BCUT2D eigenvalue weighted by atomic mass is 9.80. The van der Waals surface area contributed by atoms with E-state index in [4.69, 9.17) is 21.1 Å². The first-order valence-electron chi connectivity index (χ1n) is 9.29. The molecule has 0 bridgehead atoms. The van der Waals surface area contributed by atoms with Crippen LogP contribution in [0.25, 0.3) is 0 Å². The Morgan fingerprint density at radius 1 is 1.31 bits per heavy atom. The number of benzene rings is 1. The fourth-order valence-corrected chi connectivity index (χ4v) is 3.92. The largest absolute Gasteiger partial charge is 0.460 e. The van der Waals surface area contributed by atoms with E-state index < -0.39 is 5.60 Å². The van der Waals surface area contributed by atoms with E-state index in [9.17, 15) is 4.79 Å². The Labute approximate surface area is 162 Å². The van der Waals surface area contributed by atoms with Crippen LogP contribution in [0.2, 0.25) is 5.02 Å². The van der Waals surface area contributed by atoms with E-state index in [2.05, 4.69) is 19.2 Å². The summed E-state index contributed by atoms with van der Waals surface area (Å²) >= 11 is 5.98. The van der Waals surface area contributed by atoms with Crippen molar-refractivity contribution in [1.29, 1.82) is 0 Å². The van der Waals surface area contributed by atoms with E-state index in [0.29, 0.717) is 0 Å². The van der Waals surface area contributed by atoms with Gasteiger partial charge in [-0.2, -0.15) is 0 Å². The summed E-state index contributed by atoms with van der Waals surface area (Å²) < 4.78 is 11.4. The third-order valence-electron chi connectivity index (χ3n) is 5.06. The highest BCUT2D eigenvalue weighted by atomic mass is 35.5. The van der Waals surface area contributed by atoms with Gasteiger partial charge in [-0.25, -0.2) is 0 Å². The maximum Gasteiger partial charge on any atom is 0.311 e. The Bertz CT molecular complexity index is 607. The molecule has 3 atom stereocenters. The Morgan fingerprint density at radius 2 is 1.92 bits per heavy atom. The fourth-order valence-electron chi connectivity index (χ4n) is 3.80. The number of hydrogen-bond donors (Lipinski definition) is 1. The summed E-state index contributed by atoms with van der Waals surface area (Å²) in [6.07, 6.45) is 1.73. The maximum atomic E-state index is 12.8. The number of ether oxygens (including phenoxy) is 2. The van der Waals surface area contributed by atoms with Crippen LogP contribution in [0.1, 0.15) is 59.1 Å². The number of carbonyl (C=O) groups is 1. The summed E-state index contributed by atoms with van der Waals surface area (Å²) in [5.41, 5.74) is 0.366. The van der Waals surface area contributed by atoms with Gasteiger partial charge in [0.2, 0.25) is 0 Å². The molecule has 26 heavy (non-hydrogen) atoms. The second-order valence-electron chi connectivity index (χ2n) is 8.73. The van der Waals surface area contributed by atoms with Crippen molar-refractivity contribution >= 4 is 17.6 Å². The zero-order valence-electron chi connectivity index (χ0n) is 16.8. The van der Waals surface area contributed by atoms with Gasteiger partial charge in [0.15, 0.2) is 0 Å². The van der Waals surface area contributed by atoms with E-state index >= 15 is 0 Å². The predicted octanol–water partition coefficient (Wildman–Crippen LogP) is 4.76. The van der Waals surface area contributed by atoms with Crippen LogP contribution >= 0.6 is 11.6 Å². The molecule has 1 fully saturated rings. The molecule has 1 aliphatic rings. The molecule has 1 aliphatic heterocycles. The highest BCUT2D eigenvalue weighted by Gasteiger charge is 2.47. The number of esters is 1. The predicted molar refractivity (Wildman–Crippen MR) is 105 cm³/mol. The van der Waals surface area contributed by atoms with Crippen molar-refractivity contribution in [2.45, 2.75) is 64.7 Å². The van der Waals surface area contributed by atoms with Gasteiger partial charge in [0.05, 0.1) is 12.0 Å². The summed E-state index contributed by atoms with van der Waals surface area (Å²) in [5.74, 6) is -0.0489. The molecule has 4 nitrogen and oxygen atoms in total. The lowest BCUT2D eigenvalue weighted by Crippen LogP contribution is -2.44. The Morgan fingerprint density at radius 3 is 2.46 bits per heavy atom. The lowest BCUT2D eigenvalue weighted by Gasteiger charge is -2.31. The van der Waals surface area contributed by atoms with E-state index in [1.54, 1.807) is 7.11 Å². The molecule has 1 aromatic carbocycles. The number of nitrogens with one attached hydrogen (secondary N) is 1. The van der Waals surface area contributed by atoms with Crippen LogP contribution in [0, 0.1) is 11.8 Å². The Kier molecular flexibility index (Phi) is 6.75. The van der Waals surface area contributed by atoms with Crippen LogP contribution in [0.5, 0.6) is 0 Å². The van der Waals surface area contributed by atoms with Crippen molar-refractivity contribution in [3.05, 3.63) is 34.9 Å². The van der Waals surface area contributed by atoms with Crippen LogP contribution in [0.15, 0.2) is 24.3 Å². The molecule has 0 aliphatic carbocycles. The van der Waals surface area contributed by atoms with Gasteiger partial charge in [-0.1, -0.05) is 23.7 Å². The highest BCUT2D eigenvalue weighted by Crippen LogP contribution is 2.37. The van der Waals surface area contributed by atoms with Gasteiger partial charge >= 0.3 is 5.97 Å². The first-order valence-corrected chi connectivity index (χ1v) is 9.67. The quantitative estimate of drug-likeness (QED) is 0.721. The van der Waals surface area contributed by atoms with Gasteiger partial charge < -0.3 is 14.8 Å². The minimum Gasteiger partial charge on any atom is -0.460 e. The van der Waals surface area contributed by atoms with Gasteiger partial charge in [0.25, 0.3) is 0 Å². The molecular weight excluding hydrogens is 350 g/mol. The molecule has 146 valence electrons. The van der Waals surface area contributed by atoms with Crippen LogP contribution in [-0.4, -0.2) is 30.8 Å².